The molecule has 1 aromatic carbocycles. The predicted molar refractivity (Wildman–Crippen MR) is 87.9 cm³/mol. The second kappa shape index (κ2) is 6.35. The average Bonchev–Trinajstić information content (AvgIpc) is 3.10. The molecule has 1 atom stereocenters. The van der Waals surface area contributed by atoms with Crippen molar-refractivity contribution in [2.24, 2.45) is 0 Å². The first-order valence-electron chi connectivity index (χ1n) is 7.75. The highest BCUT2D eigenvalue weighted by molar-refractivity contribution is 7.91. The van der Waals surface area contributed by atoms with Gasteiger partial charge < -0.3 is 9.84 Å². The van der Waals surface area contributed by atoms with Crippen molar-refractivity contribution in [2.45, 2.75) is 31.7 Å². The van der Waals surface area contributed by atoms with Gasteiger partial charge in [-0.2, -0.15) is 4.98 Å². The Kier molecular flexibility index (Phi) is 4.40. The van der Waals surface area contributed by atoms with Crippen LogP contribution < -0.4 is 5.32 Å². The number of benzene rings is 1. The lowest BCUT2D eigenvalue weighted by molar-refractivity contribution is -0.122. The summed E-state index contributed by atoms with van der Waals surface area (Å²) >= 11 is 0. The van der Waals surface area contributed by atoms with Crippen LogP contribution in [0.15, 0.2) is 34.9 Å². The fourth-order valence-electron chi connectivity index (χ4n) is 2.79. The van der Waals surface area contributed by atoms with Gasteiger partial charge >= 0.3 is 0 Å². The summed E-state index contributed by atoms with van der Waals surface area (Å²) in [6.07, 6.45) is 0.931. The summed E-state index contributed by atoms with van der Waals surface area (Å²) in [5.41, 5.74) is 0.167. The quantitative estimate of drug-likeness (QED) is 0.874. The lowest BCUT2D eigenvalue weighted by Crippen LogP contribution is -2.47. The standard InChI is InChI=1S/C16H19N3O4S/c1-16(9-10-24(21,22)11-16)18-13(20)7-8-14-17-15(19-23-14)12-5-3-2-4-6-12/h2-6H,7-11H2,1H3,(H,18,20). The van der Waals surface area contributed by atoms with E-state index in [4.69, 9.17) is 4.52 Å². The fourth-order valence-corrected chi connectivity index (χ4v) is 4.88. The van der Waals surface area contributed by atoms with Gasteiger partial charge in [-0.05, 0) is 13.3 Å². The molecule has 0 bridgehead atoms. The second-order valence-electron chi connectivity index (χ2n) is 6.33. The molecule has 1 fully saturated rings. The Labute approximate surface area is 140 Å². The number of nitrogens with zero attached hydrogens (tertiary/aromatic N) is 2. The van der Waals surface area contributed by atoms with Crippen LogP contribution in [0.4, 0.5) is 0 Å². The van der Waals surface area contributed by atoms with Gasteiger partial charge in [0.1, 0.15) is 0 Å². The Balaban J connectivity index is 1.55. The number of aryl methyl sites for hydroxylation is 1. The first-order valence-corrected chi connectivity index (χ1v) is 9.57. The Morgan fingerprint density at radius 2 is 2.08 bits per heavy atom. The van der Waals surface area contributed by atoms with Crippen LogP contribution in [0.5, 0.6) is 0 Å². The van der Waals surface area contributed by atoms with E-state index in [9.17, 15) is 13.2 Å². The Morgan fingerprint density at radius 3 is 2.75 bits per heavy atom. The minimum absolute atomic E-state index is 0.00947. The monoisotopic (exact) mass is 349 g/mol. The van der Waals surface area contributed by atoms with Gasteiger partial charge in [-0.3, -0.25) is 4.79 Å². The van der Waals surface area contributed by atoms with Crippen molar-refractivity contribution in [1.82, 2.24) is 15.5 Å². The van der Waals surface area contributed by atoms with Gasteiger partial charge in [-0.25, -0.2) is 8.42 Å². The largest absolute Gasteiger partial charge is 0.350 e. The number of hydrogen-bond donors (Lipinski definition) is 1. The summed E-state index contributed by atoms with van der Waals surface area (Å²) in [7, 11) is -3.05. The van der Waals surface area contributed by atoms with Crippen LogP contribution in [0.25, 0.3) is 11.4 Å². The third-order valence-electron chi connectivity index (χ3n) is 4.01. The van der Waals surface area contributed by atoms with Crippen LogP contribution in [0.2, 0.25) is 0 Å². The molecule has 128 valence electrons. The highest BCUT2D eigenvalue weighted by Crippen LogP contribution is 2.23. The maximum absolute atomic E-state index is 12.1. The summed E-state index contributed by atoms with van der Waals surface area (Å²) in [6.45, 7) is 1.76. The van der Waals surface area contributed by atoms with Crippen molar-refractivity contribution in [2.75, 3.05) is 11.5 Å². The third-order valence-corrected chi connectivity index (χ3v) is 5.91. The Bertz CT molecular complexity index is 832. The molecule has 0 saturated carbocycles. The minimum Gasteiger partial charge on any atom is -0.350 e. The first kappa shape index (κ1) is 16.6. The fraction of sp³-hybridized carbons (Fsp3) is 0.438. The number of carbonyl (C=O) groups excluding carboxylic acids is 1. The van der Waals surface area contributed by atoms with Crippen molar-refractivity contribution in [3.05, 3.63) is 36.2 Å². The van der Waals surface area contributed by atoms with E-state index in [2.05, 4.69) is 15.5 Å². The number of hydrogen-bond acceptors (Lipinski definition) is 6. The highest BCUT2D eigenvalue weighted by atomic mass is 32.2. The molecule has 0 aliphatic carbocycles. The van der Waals surface area contributed by atoms with Crippen molar-refractivity contribution in [3.8, 4) is 11.4 Å². The summed E-state index contributed by atoms with van der Waals surface area (Å²) in [4.78, 5) is 16.3. The number of carbonyl (C=O) groups is 1. The maximum atomic E-state index is 12.1. The van der Waals surface area contributed by atoms with Crippen LogP contribution in [0.1, 0.15) is 25.7 Å². The molecule has 1 aromatic heterocycles. The zero-order valence-corrected chi connectivity index (χ0v) is 14.2. The molecule has 1 N–H and O–H groups in total. The smallest absolute Gasteiger partial charge is 0.227 e. The van der Waals surface area contributed by atoms with Gasteiger partial charge in [-0.1, -0.05) is 35.5 Å². The molecular formula is C16H19N3O4S. The predicted octanol–water partition coefficient (Wildman–Crippen LogP) is 1.36. The molecule has 0 radical (unpaired) electrons. The molecule has 7 nitrogen and oxygen atoms in total. The molecule has 2 heterocycles. The SMILES string of the molecule is CC1(NC(=O)CCc2nc(-c3ccccc3)no2)CCS(=O)(=O)C1. The molecule has 1 unspecified atom stereocenters. The summed E-state index contributed by atoms with van der Waals surface area (Å²) in [5.74, 6) is 0.764. The number of amides is 1. The van der Waals surface area contributed by atoms with Gasteiger partial charge in [-0.15, -0.1) is 0 Å². The van der Waals surface area contributed by atoms with E-state index in [1.807, 2.05) is 30.3 Å². The van der Waals surface area contributed by atoms with Gasteiger partial charge in [0.25, 0.3) is 0 Å². The number of nitrogens with one attached hydrogen (secondary N) is 1. The van der Waals surface area contributed by atoms with Crippen molar-refractivity contribution >= 4 is 15.7 Å². The van der Waals surface area contributed by atoms with Crippen molar-refractivity contribution in [1.29, 1.82) is 0 Å². The molecule has 8 heteroatoms. The van der Waals surface area contributed by atoms with E-state index in [0.717, 1.165) is 5.56 Å². The molecule has 1 saturated heterocycles. The molecular weight excluding hydrogens is 330 g/mol. The van der Waals surface area contributed by atoms with Crippen LogP contribution in [-0.4, -0.2) is 41.5 Å². The van der Waals surface area contributed by atoms with Crippen LogP contribution in [-0.2, 0) is 21.1 Å². The van der Waals surface area contributed by atoms with Crippen molar-refractivity contribution in [3.63, 3.8) is 0 Å². The molecule has 2 aromatic rings. The summed E-state index contributed by atoms with van der Waals surface area (Å²) in [5, 5.41) is 6.71. The van der Waals surface area contributed by atoms with E-state index in [0.29, 0.717) is 24.6 Å². The summed E-state index contributed by atoms with van der Waals surface area (Å²) in [6, 6.07) is 9.42. The van der Waals surface area contributed by atoms with Crippen molar-refractivity contribution < 1.29 is 17.7 Å². The topological polar surface area (TPSA) is 102 Å². The average molecular weight is 349 g/mol. The Hall–Kier alpha value is -2.22. The van der Waals surface area contributed by atoms with E-state index >= 15 is 0 Å². The van der Waals surface area contributed by atoms with Gasteiger partial charge in [0.05, 0.1) is 17.0 Å². The number of aromatic nitrogens is 2. The van der Waals surface area contributed by atoms with Gasteiger partial charge in [0.15, 0.2) is 9.84 Å². The van der Waals surface area contributed by atoms with Crippen LogP contribution >= 0.6 is 0 Å². The number of rotatable bonds is 5. The normalized spacial score (nSPS) is 22.4. The van der Waals surface area contributed by atoms with Gasteiger partial charge in [0.2, 0.25) is 17.6 Å². The van der Waals surface area contributed by atoms with E-state index < -0.39 is 15.4 Å². The summed E-state index contributed by atoms with van der Waals surface area (Å²) < 4.78 is 28.3. The molecule has 1 aliphatic heterocycles. The third kappa shape index (κ3) is 4.00. The van der Waals surface area contributed by atoms with E-state index in [1.54, 1.807) is 6.92 Å². The second-order valence-corrected chi connectivity index (χ2v) is 8.51. The highest BCUT2D eigenvalue weighted by Gasteiger charge is 2.39. The maximum Gasteiger partial charge on any atom is 0.227 e. The lowest BCUT2D eigenvalue weighted by Gasteiger charge is -2.23. The Morgan fingerprint density at radius 1 is 1.33 bits per heavy atom. The zero-order chi connectivity index (χ0) is 17.2. The first-order chi connectivity index (χ1) is 11.4. The van der Waals surface area contributed by atoms with E-state index in [1.165, 1.54) is 0 Å². The van der Waals surface area contributed by atoms with Gasteiger partial charge in [0, 0.05) is 18.4 Å². The van der Waals surface area contributed by atoms with Crippen LogP contribution in [0, 0.1) is 0 Å². The zero-order valence-electron chi connectivity index (χ0n) is 13.4. The molecule has 24 heavy (non-hydrogen) atoms. The molecule has 3 rings (SSSR count). The molecule has 0 spiro atoms. The molecule has 1 aliphatic rings. The number of sulfone groups is 1. The molecule has 1 amide bonds. The minimum atomic E-state index is -3.05. The lowest BCUT2D eigenvalue weighted by atomic mass is 10.0. The van der Waals surface area contributed by atoms with E-state index in [-0.39, 0.29) is 23.8 Å². The van der Waals surface area contributed by atoms with Crippen LogP contribution in [0.3, 0.4) is 0 Å².